The van der Waals surface area contributed by atoms with Gasteiger partial charge in [-0.2, -0.15) is 0 Å². The number of hydrogen-bond donors (Lipinski definition) is 2. The summed E-state index contributed by atoms with van der Waals surface area (Å²) in [7, 11) is 0. The number of ketones is 1. The Labute approximate surface area is 176 Å². The number of carbonyl (C=O) groups is 3. The van der Waals surface area contributed by atoms with Crippen molar-refractivity contribution in [1.29, 1.82) is 0 Å². The van der Waals surface area contributed by atoms with E-state index < -0.39 is 17.6 Å². The third kappa shape index (κ3) is 5.90. The summed E-state index contributed by atoms with van der Waals surface area (Å²) in [5.41, 5.74) is 1.18. The molecule has 0 bridgehead atoms. The molecule has 1 aromatic heterocycles. The van der Waals surface area contributed by atoms with Crippen LogP contribution in [0.25, 0.3) is 0 Å². The molecule has 0 spiro atoms. The summed E-state index contributed by atoms with van der Waals surface area (Å²) in [6, 6.07) is 7.05. The molecule has 2 amide bonds. The molecule has 8 heteroatoms. The zero-order valence-corrected chi connectivity index (χ0v) is 18.8. The van der Waals surface area contributed by atoms with Gasteiger partial charge in [0, 0.05) is 14.9 Å². The fraction of sp³-hybridized carbons (Fsp3) is 0.350. The summed E-state index contributed by atoms with van der Waals surface area (Å²) in [4.78, 5) is 37.9. The minimum atomic E-state index is -0.674. The zero-order chi connectivity index (χ0) is 21.1. The second kappa shape index (κ2) is 8.87. The number of amides is 2. The lowest BCUT2D eigenvalue weighted by Crippen LogP contribution is -2.37. The van der Waals surface area contributed by atoms with Gasteiger partial charge in [-0.1, -0.05) is 15.9 Å². The Bertz CT molecular complexity index is 898. The van der Waals surface area contributed by atoms with Crippen LogP contribution in [0.4, 0.5) is 9.80 Å². The van der Waals surface area contributed by atoms with Gasteiger partial charge < -0.3 is 15.4 Å². The number of ether oxygens (including phenoxy) is 1. The molecule has 150 valence electrons. The molecule has 6 nitrogen and oxygen atoms in total. The SMILES string of the molecule is Cc1sc(NC(=O)CNC(=O)OC(C)(C)C)c(C(=O)c2ccc(Br)cc2)c1C. The minimum absolute atomic E-state index is 0.162. The van der Waals surface area contributed by atoms with Crippen LogP contribution in [-0.2, 0) is 9.53 Å². The second-order valence-corrected chi connectivity index (χ2v) is 9.37. The third-order valence-corrected chi connectivity index (χ3v) is 5.42. The number of alkyl carbamates (subject to hydrolysis) is 1. The molecule has 0 unspecified atom stereocenters. The summed E-state index contributed by atoms with van der Waals surface area (Å²) < 4.78 is 5.98. The van der Waals surface area contributed by atoms with Crippen LogP contribution in [0.5, 0.6) is 0 Å². The number of hydrogen-bond acceptors (Lipinski definition) is 5. The smallest absolute Gasteiger partial charge is 0.408 e. The summed E-state index contributed by atoms with van der Waals surface area (Å²) in [6.45, 7) is 8.72. The van der Waals surface area contributed by atoms with E-state index in [0.29, 0.717) is 16.1 Å². The Hall–Kier alpha value is -2.19. The average molecular weight is 467 g/mol. The Morgan fingerprint density at radius 1 is 1.11 bits per heavy atom. The van der Waals surface area contributed by atoms with E-state index in [1.54, 1.807) is 45.0 Å². The lowest BCUT2D eigenvalue weighted by atomic mass is 10.0. The van der Waals surface area contributed by atoms with Crippen molar-refractivity contribution in [2.45, 2.75) is 40.2 Å². The standard InChI is InChI=1S/C20H23BrN2O4S/c1-11-12(2)28-18(16(11)17(25)13-6-8-14(21)9-7-13)23-15(24)10-22-19(26)27-20(3,4)5/h6-9H,10H2,1-5H3,(H,22,26)(H,23,24). The number of thiophene rings is 1. The molecular weight excluding hydrogens is 444 g/mol. The van der Waals surface area contributed by atoms with Crippen molar-refractivity contribution in [2.75, 3.05) is 11.9 Å². The van der Waals surface area contributed by atoms with Gasteiger partial charge in [0.1, 0.15) is 17.1 Å². The highest BCUT2D eigenvalue weighted by atomic mass is 79.9. The van der Waals surface area contributed by atoms with Gasteiger partial charge >= 0.3 is 6.09 Å². The van der Waals surface area contributed by atoms with E-state index in [-0.39, 0.29) is 12.3 Å². The van der Waals surface area contributed by atoms with Crippen molar-refractivity contribution in [3.63, 3.8) is 0 Å². The molecule has 2 aromatic rings. The van der Waals surface area contributed by atoms with Gasteiger partial charge in [0.2, 0.25) is 5.91 Å². The van der Waals surface area contributed by atoms with Gasteiger partial charge in [-0.25, -0.2) is 4.79 Å². The number of rotatable bonds is 5. The third-order valence-electron chi connectivity index (χ3n) is 3.76. The van der Waals surface area contributed by atoms with Gasteiger partial charge in [0.15, 0.2) is 5.78 Å². The predicted molar refractivity (Wildman–Crippen MR) is 114 cm³/mol. The lowest BCUT2D eigenvalue weighted by molar-refractivity contribution is -0.115. The van der Waals surface area contributed by atoms with E-state index in [4.69, 9.17) is 4.74 Å². The normalized spacial score (nSPS) is 11.1. The molecule has 0 aliphatic heterocycles. The first kappa shape index (κ1) is 22.1. The summed E-state index contributed by atoms with van der Waals surface area (Å²) in [5.74, 6) is -0.596. The van der Waals surface area contributed by atoms with E-state index in [1.807, 2.05) is 13.8 Å². The number of benzene rings is 1. The molecule has 0 saturated heterocycles. The Kier molecular flexibility index (Phi) is 7.01. The van der Waals surface area contributed by atoms with E-state index in [2.05, 4.69) is 26.6 Å². The molecule has 28 heavy (non-hydrogen) atoms. The molecule has 0 aliphatic carbocycles. The van der Waals surface area contributed by atoms with Crippen LogP contribution >= 0.6 is 27.3 Å². The minimum Gasteiger partial charge on any atom is -0.444 e. The van der Waals surface area contributed by atoms with Crippen molar-refractivity contribution in [3.8, 4) is 0 Å². The first-order valence-corrected chi connectivity index (χ1v) is 10.3. The number of halogens is 1. The molecule has 1 aromatic carbocycles. The highest BCUT2D eigenvalue weighted by Gasteiger charge is 2.23. The average Bonchev–Trinajstić information content (AvgIpc) is 2.85. The van der Waals surface area contributed by atoms with Crippen molar-refractivity contribution < 1.29 is 19.1 Å². The van der Waals surface area contributed by atoms with Gasteiger partial charge in [0.25, 0.3) is 0 Å². The van der Waals surface area contributed by atoms with Gasteiger partial charge in [-0.05, 0) is 64.4 Å². The first-order valence-electron chi connectivity index (χ1n) is 8.65. The first-order chi connectivity index (χ1) is 13.0. The Morgan fingerprint density at radius 3 is 2.29 bits per heavy atom. The van der Waals surface area contributed by atoms with E-state index in [0.717, 1.165) is 14.9 Å². The van der Waals surface area contributed by atoms with Gasteiger partial charge in [-0.3, -0.25) is 9.59 Å². The molecule has 0 aliphatic rings. The molecule has 2 N–H and O–H groups in total. The fourth-order valence-electron chi connectivity index (χ4n) is 2.37. The van der Waals surface area contributed by atoms with E-state index >= 15 is 0 Å². The largest absolute Gasteiger partial charge is 0.444 e. The summed E-state index contributed by atoms with van der Waals surface area (Å²) >= 11 is 4.69. The maximum atomic E-state index is 13.0. The number of carbonyl (C=O) groups excluding carboxylic acids is 3. The second-order valence-electron chi connectivity index (χ2n) is 7.23. The lowest BCUT2D eigenvalue weighted by Gasteiger charge is -2.19. The Balaban J connectivity index is 2.13. The van der Waals surface area contributed by atoms with Crippen molar-refractivity contribution >= 4 is 50.1 Å². The number of aryl methyl sites for hydroxylation is 1. The molecule has 2 rings (SSSR count). The van der Waals surface area contributed by atoms with E-state index in [1.165, 1.54) is 11.3 Å². The monoisotopic (exact) mass is 466 g/mol. The Morgan fingerprint density at radius 2 is 1.71 bits per heavy atom. The molecule has 0 fully saturated rings. The topological polar surface area (TPSA) is 84.5 Å². The van der Waals surface area contributed by atoms with Gasteiger partial charge in [0.05, 0.1) is 5.56 Å². The fourth-order valence-corrected chi connectivity index (χ4v) is 3.71. The highest BCUT2D eigenvalue weighted by Crippen LogP contribution is 2.34. The van der Waals surface area contributed by atoms with Gasteiger partial charge in [-0.15, -0.1) is 11.3 Å². The molecular formula is C20H23BrN2O4S. The highest BCUT2D eigenvalue weighted by molar-refractivity contribution is 9.10. The maximum absolute atomic E-state index is 13.0. The number of anilines is 1. The molecule has 1 heterocycles. The summed E-state index contributed by atoms with van der Waals surface area (Å²) in [6.07, 6.45) is -0.674. The van der Waals surface area contributed by atoms with Crippen molar-refractivity contribution in [2.24, 2.45) is 0 Å². The van der Waals surface area contributed by atoms with Crippen LogP contribution in [0.15, 0.2) is 28.7 Å². The van der Waals surface area contributed by atoms with Crippen LogP contribution in [-0.4, -0.2) is 29.9 Å². The zero-order valence-electron chi connectivity index (χ0n) is 16.4. The van der Waals surface area contributed by atoms with Crippen LogP contribution in [0, 0.1) is 13.8 Å². The maximum Gasteiger partial charge on any atom is 0.408 e. The van der Waals surface area contributed by atoms with Crippen LogP contribution in [0.2, 0.25) is 0 Å². The van der Waals surface area contributed by atoms with Crippen LogP contribution in [0.1, 0.15) is 47.1 Å². The molecule has 0 radical (unpaired) electrons. The molecule has 0 saturated carbocycles. The summed E-state index contributed by atoms with van der Waals surface area (Å²) in [5, 5.41) is 5.61. The predicted octanol–water partition coefficient (Wildman–Crippen LogP) is 4.82. The molecule has 0 atom stereocenters. The van der Waals surface area contributed by atoms with Crippen molar-refractivity contribution in [3.05, 3.63) is 50.3 Å². The van der Waals surface area contributed by atoms with E-state index in [9.17, 15) is 14.4 Å². The van der Waals surface area contributed by atoms with Crippen LogP contribution < -0.4 is 10.6 Å². The van der Waals surface area contributed by atoms with Crippen LogP contribution in [0.3, 0.4) is 0 Å². The quantitative estimate of drug-likeness (QED) is 0.618. The van der Waals surface area contributed by atoms with Crippen molar-refractivity contribution in [1.82, 2.24) is 5.32 Å². The number of nitrogens with one attached hydrogen (secondary N) is 2.